The van der Waals surface area contributed by atoms with Gasteiger partial charge in [-0.1, -0.05) is 13.0 Å². The first-order chi connectivity index (χ1) is 6.47. The number of aromatic nitrogens is 1. The molecule has 0 spiro atoms. The van der Waals surface area contributed by atoms with Crippen LogP contribution in [-0.4, -0.2) is 24.2 Å². The largest absolute Gasteiger partial charge is 0.384 e. The van der Waals surface area contributed by atoms with Crippen molar-refractivity contribution in [3.8, 4) is 0 Å². The summed E-state index contributed by atoms with van der Waals surface area (Å²) >= 11 is 0. The zero-order chi connectivity index (χ0) is 10.8. The number of nitrogens with zero attached hydrogens (tertiary/aromatic N) is 2. The van der Waals surface area contributed by atoms with Gasteiger partial charge in [-0.2, -0.15) is 0 Å². The summed E-state index contributed by atoms with van der Waals surface area (Å²) < 4.78 is 0. The number of hydrogen-bond donors (Lipinski definition) is 1. The highest BCUT2D eigenvalue weighted by molar-refractivity contribution is 5.38. The maximum absolute atomic E-state index is 10.0. The van der Waals surface area contributed by atoms with E-state index in [-0.39, 0.29) is 0 Å². The Bertz CT molecular complexity index is 308. The van der Waals surface area contributed by atoms with Gasteiger partial charge in [0.15, 0.2) is 0 Å². The van der Waals surface area contributed by atoms with Crippen LogP contribution in [0.5, 0.6) is 0 Å². The van der Waals surface area contributed by atoms with E-state index in [9.17, 15) is 5.11 Å². The highest BCUT2D eigenvalue weighted by Crippen LogP contribution is 2.23. The van der Waals surface area contributed by atoms with Gasteiger partial charge in [0, 0.05) is 14.1 Å². The van der Waals surface area contributed by atoms with Crippen molar-refractivity contribution in [3.05, 3.63) is 23.9 Å². The molecule has 0 aliphatic rings. The predicted molar refractivity (Wildman–Crippen MR) is 58.4 cm³/mol. The van der Waals surface area contributed by atoms with Crippen LogP contribution in [-0.2, 0) is 5.60 Å². The van der Waals surface area contributed by atoms with Crippen molar-refractivity contribution in [2.75, 3.05) is 19.0 Å². The zero-order valence-electron chi connectivity index (χ0n) is 9.28. The van der Waals surface area contributed by atoms with E-state index in [1.165, 1.54) is 0 Å². The molecule has 0 aliphatic carbocycles. The molecule has 1 N–H and O–H groups in total. The summed E-state index contributed by atoms with van der Waals surface area (Å²) in [6.07, 6.45) is 0.664. The Labute approximate surface area is 85.4 Å². The minimum atomic E-state index is -0.827. The summed E-state index contributed by atoms with van der Waals surface area (Å²) in [6, 6.07) is 5.70. The van der Waals surface area contributed by atoms with Crippen LogP contribution in [0.4, 0.5) is 5.82 Å². The average Bonchev–Trinajstić information content (AvgIpc) is 2.18. The van der Waals surface area contributed by atoms with Crippen molar-refractivity contribution >= 4 is 5.82 Å². The molecule has 3 heteroatoms. The molecule has 0 aliphatic heterocycles. The molecule has 1 atom stereocenters. The second kappa shape index (κ2) is 3.96. The van der Waals surface area contributed by atoms with E-state index in [2.05, 4.69) is 4.98 Å². The van der Waals surface area contributed by atoms with E-state index < -0.39 is 5.60 Å². The van der Waals surface area contributed by atoms with Gasteiger partial charge in [0.05, 0.1) is 5.69 Å². The fourth-order valence-electron chi connectivity index (χ4n) is 1.15. The smallest absolute Gasteiger partial charge is 0.128 e. The lowest BCUT2D eigenvalue weighted by molar-refractivity contribution is 0.0486. The van der Waals surface area contributed by atoms with Gasteiger partial charge >= 0.3 is 0 Å². The molecule has 78 valence electrons. The Hall–Kier alpha value is -1.09. The van der Waals surface area contributed by atoms with Crippen LogP contribution in [0, 0.1) is 0 Å². The van der Waals surface area contributed by atoms with Crippen LogP contribution in [0.2, 0.25) is 0 Å². The first-order valence-electron chi connectivity index (χ1n) is 4.84. The van der Waals surface area contributed by atoms with Crippen LogP contribution < -0.4 is 4.90 Å². The van der Waals surface area contributed by atoms with E-state index in [4.69, 9.17) is 0 Å². The van der Waals surface area contributed by atoms with Crippen molar-refractivity contribution in [1.82, 2.24) is 4.98 Å². The van der Waals surface area contributed by atoms with Gasteiger partial charge in [0.2, 0.25) is 0 Å². The van der Waals surface area contributed by atoms with E-state index in [0.717, 1.165) is 11.5 Å². The van der Waals surface area contributed by atoms with Crippen molar-refractivity contribution in [2.45, 2.75) is 25.9 Å². The van der Waals surface area contributed by atoms with Crippen LogP contribution in [0.3, 0.4) is 0 Å². The Morgan fingerprint density at radius 1 is 1.43 bits per heavy atom. The maximum atomic E-state index is 10.0. The number of aliphatic hydroxyl groups is 1. The number of pyridine rings is 1. The highest BCUT2D eigenvalue weighted by atomic mass is 16.3. The van der Waals surface area contributed by atoms with Crippen LogP contribution in [0.1, 0.15) is 26.0 Å². The maximum Gasteiger partial charge on any atom is 0.128 e. The van der Waals surface area contributed by atoms with E-state index in [1.54, 1.807) is 6.92 Å². The second-order valence-corrected chi connectivity index (χ2v) is 3.90. The molecule has 0 radical (unpaired) electrons. The summed E-state index contributed by atoms with van der Waals surface area (Å²) in [6.45, 7) is 3.73. The third-order valence-corrected chi connectivity index (χ3v) is 2.43. The molecular formula is C11H18N2O. The molecule has 0 saturated heterocycles. The molecule has 1 unspecified atom stereocenters. The topological polar surface area (TPSA) is 36.4 Å². The summed E-state index contributed by atoms with van der Waals surface area (Å²) in [5, 5.41) is 10.0. The molecule has 14 heavy (non-hydrogen) atoms. The minimum Gasteiger partial charge on any atom is -0.384 e. The summed E-state index contributed by atoms with van der Waals surface area (Å²) in [5.74, 6) is 0.872. The van der Waals surface area contributed by atoms with Crippen molar-refractivity contribution < 1.29 is 5.11 Å². The highest BCUT2D eigenvalue weighted by Gasteiger charge is 2.22. The van der Waals surface area contributed by atoms with Gasteiger partial charge in [-0.25, -0.2) is 4.98 Å². The first kappa shape index (κ1) is 11.0. The first-order valence-corrected chi connectivity index (χ1v) is 4.84. The van der Waals surface area contributed by atoms with Crippen LogP contribution in [0.25, 0.3) is 0 Å². The fourth-order valence-corrected chi connectivity index (χ4v) is 1.15. The molecule has 0 saturated carbocycles. The zero-order valence-corrected chi connectivity index (χ0v) is 9.28. The van der Waals surface area contributed by atoms with Crippen molar-refractivity contribution in [3.63, 3.8) is 0 Å². The number of hydrogen-bond acceptors (Lipinski definition) is 3. The van der Waals surface area contributed by atoms with Gasteiger partial charge in [-0.15, -0.1) is 0 Å². The Morgan fingerprint density at radius 2 is 2.07 bits per heavy atom. The van der Waals surface area contributed by atoms with Gasteiger partial charge in [-0.05, 0) is 25.5 Å². The second-order valence-electron chi connectivity index (χ2n) is 3.90. The third-order valence-electron chi connectivity index (χ3n) is 2.43. The van der Waals surface area contributed by atoms with Crippen LogP contribution >= 0.6 is 0 Å². The summed E-state index contributed by atoms with van der Waals surface area (Å²) in [5.41, 5.74) is -0.0994. The molecule has 0 fully saturated rings. The molecule has 1 aromatic rings. The molecule has 0 amide bonds. The van der Waals surface area contributed by atoms with E-state index in [1.807, 2.05) is 44.1 Å². The molecule has 1 heterocycles. The monoisotopic (exact) mass is 194 g/mol. The quantitative estimate of drug-likeness (QED) is 0.796. The number of rotatable bonds is 3. The van der Waals surface area contributed by atoms with Gasteiger partial charge in [-0.3, -0.25) is 0 Å². The predicted octanol–water partition coefficient (Wildman–Crippen LogP) is 1.77. The molecule has 1 rings (SSSR count). The number of anilines is 1. The third kappa shape index (κ3) is 2.23. The average molecular weight is 194 g/mol. The van der Waals surface area contributed by atoms with Crippen LogP contribution in [0.15, 0.2) is 18.2 Å². The lowest BCUT2D eigenvalue weighted by atomic mass is 9.99. The van der Waals surface area contributed by atoms with Gasteiger partial charge in [0.1, 0.15) is 11.4 Å². The lowest BCUT2D eigenvalue weighted by Gasteiger charge is -2.22. The van der Waals surface area contributed by atoms with Crippen molar-refractivity contribution in [1.29, 1.82) is 0 Å². The SMILES string of the molecule is CCC(C)(O)c1cccc(N(C)C)n1. The fraction of sp³-hybridized carbons (Fsp3) is 0.545. The standard InChI is InChI=1S/C11H18N2O/c1-5-11(2,14)9-7-6-8-10(12-9)13(3)4/h6-8,14H,5H2,1-4H3. The summed E-state index contributed by atoms with van der Waals surface area (Å²) in [4.78, 5) is 6.32. The van der Waals surface area contributed by atoms with Gasteiger partial charge in [0.25, 0.3) is 0 Å². The molecule has 0 aromatic carbocycles. The molecular weight excluding hydrogens is 176 g/mol. The van der Waals surface area contributed by atoms with Gasteiger partial charge < -0.3 is 10.0 Å². The van der Waals surface area contributed by atoms with Crippen molar-refractivity contribution in [2.24, 2.45) is 0 Å². The Kier molecular flexibility index (Phi) is 3.11. The normalized spacial score (nSPS) is 14.9. The Balaban J connectivity index is 3.05. The minimum absolute atomic E-state index is 0.664. The Morgan fingerprint density at radius 3 is 2.57 bits per heavy atom. The molecule has 1 aromatic heterocycles. The molecule has 0 bridgehead atoms. The van der Waals surface area contributed by atoms with E-state index >= 15 is 0 Å². The summed E-state index contributed by atoms with van der Waals surface area (Å²) in [7, 11) is 3.87. The molecule has 3 nitrogen and oxygen atoms in total. The van der Waals surface area contributed by atoms with E-state index in [0.29, 0.717) is 6.42 Å². The lowest BCUT2D eigenvalue weighted by Crippen LogP contribution is -2.22.